The summed E-state index contributed by atoms with van der Waals surface area (Å²) in [6.45, 7) is 8.61. The van der Waals surface area contributed by atoms with Gasteiger partial charge in [0.05, 0.1) is 13.2 Å². The van der Waals surface area contributed by atoms with Gasteiger partial charge in [0.1, 0.15) is 0 Å². The zero-order valence-corrected chi connectivity index (χ0v) is 16.8. The number of aliphatic imine (C=N–C) groups is 1. The Kier molecular flexibility index (Phi) is 14.2. The van der Waals surface area contributed by atoms with Crippen LogP contribution < -0.4 is 10.6 Å². The van der Waals surface area contributed by atoms with Gasteiger partial charge in [0, 0.05) is 33.4 Å². The molecule has 0 amide bonds. The van der Waals surface area contributed by atoms with Crippen molar-refractivity contribution in [3.63, 3.8) is 0 Å². The first-order valence-electron chi connectivity index (χ1n) is 7.96. The summed E-state index contributed by atoms with van der Waals surface area (Å²) in [5.41, 5.74) is 2.35. The van der Waals surface area contributed by atoms with Crippen LogP contribution in [0, 0.1) is 0 Å². The number of methoxy groups -OCH3 is 1. The molecule has 1 aromatic carbocycles. The van der Waals surface area contributed by atoms with E-state index in [-0.39, 0.29) is 24.0 Å². The summed E-state index contributed by atoms with van der Waals surface area (Å²) in [7, 11) is 1.71. The number of halogens is 1. The Morgan fingerprint density at radius 1 is 1.17 bits per heavy atom. The summed E-state index contributed by atoms with van der Waals surface area (Å²) in [5.74, 6) is 0.844. The van der Waals surface area contributed by atoms with Crippen molar-refractivity contribution in [2.75, 3.05) is 33.4 Å². The summed E-state index contributed by atoms with van der Waals surface area (Å²) in [5, 5.41) is 6.58. The minimum atomic E-state index is 0. The highest BCUT2D eigenvalue weighted by Gasteiger charge is 1.99. The molecule has 0 saturated carbocycles. The molecule has 5 nitrogen and oxygen atoms in total. The fourth-order valence-electron chi connectivity index (χ4n) is 2.02. The van der Waals surface area contributed by atoms with E-state index in [0.29, 0.717) is 13.2 Å². The molecule has 0 aliphatic heterocycles. The number of ether oxygens (including phenoxy) is 2. The zero-order chi connectivity index (χ0) is 16.0. The summed E-state index contributed by atoms with van der Waals surface area (Å²) >= 11 is 0. The van der Waals surface area contributed by atoms with E-state index < -0.39 is 0 Å². The first-order chi connectivity index (χ1) is 10.8. The third-order valence-electron chi connectivity index (χ3n) is 3.03. The monoisotopic (exact) mass is 435 g/mol. The van der Waals surface area contributed by atoms with E-state index in [2.05, 4.69) is 40.7 Å². The predicted molar refractivity (Wildman–Crippen MR) is 106 cm³/mol. The lowest BCUT2D eigenvalue weighted by molar-refractivity contribution is 0.145. The van der Waals surface area contributed by atoms with Crippen LogP contribution in [-0.2, 0) is 22.6 Å². The number of hydrogen-bond donors (Lipinski definition) is 2. The Balaban J connectivity index is 0.00000484. The van der Waals surface area contributed by atoms with Crippen LogP contribution in [0.1, 0.15) is 31.4 Å². The topological polar surface area (TPSA) is 54.9 Å². The quantitative estimate of drug-likeness (QED) is 0.257. The number of nitrogens with one attached hydrogen (secondary N) is 2. The highest BCUT2D eigenvalue weighted by atomic mass is 127. The second-order valence-electron chi connectivity index (χ2n) is 4.93. The van der Waals surface area contributed by atoms with E-state index in [1.165, 1.54) is 11.1 Å². The number of benzene rings is 1. The van der Waals surface area contributed by atoms with Crippen molar-refractivity contribution < 1.29 is 9.47 Å². The number of guanidine groups is 1. The molecule has 0 saturated heterocycles. The average molecular weight is 435 g/mol. The smallest absolute Gasteiger partial charge is 0.191 e. The van der Waals surface area contributed by atoms with E-state index >= 15 is 0 Å². The van der Waals surface area contributed by atoms with E-state index in [1.807, 2.05) is 13.0 Å². The van der Waals surface area contributed by atoms with Crippen LogP contribution in [-0.4, -0.2) is 39.4 Å². The van der Waals surface area contributed by atoms with Crippen molar-refractivity contribution in [3.8, 4) is 0 Å². The molecule has 1 rings (SSSR count). The maximum atomic E-state index is 5.33. The summed E-state index contributed by atoms with van der Waals surface area (Å²) in [4.78, 5) is 4.62. The molecule has 0 aliphatic rings. The molecule has 1 aromatic rings. The normalized spacial score (nSPS) is 11.0. The average Bonchev–Trinajstić information content (AvgIpc) is 2.53. The molecule has 2 N–H and O–H groups in total. The van der Waals surface area contributed by atoms with Gasteiger partial charge in [-0.3, -0.25) is 0 Å². The van der Waals surface area contributed by atoms with Gasteiger partial charge in [-0.15, -0.1) is 24.0 Å². The van der Waals surface area contributed by atoms with Crippen LogP contribution in [0.4, 0.5) is 0 Å². The number of hydrogen-bond acceptors (Lipinski definition) is 3. The Morgan fingerprint density at radius 2 is 1.96 bits per heavy atom. The van der Waals surface area contributed by atoms with Gasteiger partial charge in [-0.05, 0) is 31.4 Å². The lowest BCUT2D eigenvalue weighted by atomic mass is 10.1. The zero-order valence-electron chi connectivity index (χ0n) is 14.4. The molecule has 0 fully saturated rings. The molecule has 0 atom stereocenters. The fourth-order valence-corrected chi connectivity index (χ4v) is 2.02. The Bertz CT molecular complexity index is 442. The van der Waals surface area contributed by atoms with Gasteiger partial charge in [0.15, 0.2) is 5.96 Å². The molecule has 0 spiro atoms. The van der Waals surface area contributed by atoms with Crippen LogP contribution in [0.15, 0.2) is 29.3 Å². The Morgan fingerprint density at radius 3 is 2.65 bits per heavy atom. The molecule has 0 unspecified atom stereocenters. The van der Waals surface area contributed by atoms with Crippen molar-refractivity contribution in [2.24, 2.45) is 4.99 Å². The molecular weight excluding hydrogens is 405 g/mol. The third-order valence-corrected chi connectivity index (χ3v) is 3.03. The van der Waals surface area contributed by atoms with E-state index in [1.54, 1.807) is 7.11 Å². The van der Waals surface area contributed by atoms with Gasteiger partial charge in [0.25, 0.3) is 0 Å². The van der Waals surface area contributed by atoms with Crippen molar-refractivity contribution in [2.45, 2.75) is 33.4 Å². The van der Waals surface area contributed by atoms with E-state index in [0.717, 1.165) is 38.7 Å². The van der Waals surface area contributed by atoms with Crippen LogP contribution in [0.25, 0.3) is 0 Å². The van der Waals surface area contributed by atoms with Gasteiger partial charge in [0.2, 0.25) is 0 Å². The fraction of sp³-hybridized carbons (Fsp3) is 0.588. The molecule has 0 radical (unpaired) electrons. The van der Waals surface area contributed by atoms with Crippen molar-refractivity contribution >= 4 is 29.9 Å². The standard InChI is InChI=1S/C17H29N3O2.HI/c1-4-18-17(19-10-7-11-22-5-2)20-13-15-8-6-9-16(12-15)14-21-3;/h6,8-9,12H,4-5,7,10-11,13-14H2,1-3H3,(H2,18,19,20);1H. The van der Waals surface area contributed by atoms with Gasteiger partial charge < -0.3 is 20.1 Å². The predicted octanol–water partition coefficient (Wildman–Crippen LogP) is 2.93. The highest BCUT2D eigenvalue weighted by molar-refractivity contribution is 14.0. The van der Waals surface area contributed by atoms with Gasteiger partial charge in [-0.25, -0.2) is 4.99 Å². The largest absolute Gasteiger partial charge is 0.382 e. The van der Waals surface area contributed by atoms with Crippen LogP contribution in [0.2, 0.25) is 0 Å². The molecule has 0 aromatic heterocycles. The number of rotatable bonds is 10. The van der Waals surface area contributed by atoms with Gasteiger partial charge >= 0.3 is 0 Å². The summed E-state index contributed by atoms with van der Waals surface area (Å²) < 4.78 is 10.5. The van der Waals surface area contributed by atoms with Crippen molar-refractivity contribution in [1.82, 2.24) is 10.6 Å². The SMILES string of the molecule is CCNC(=NCc1cccc(COC)c1)NCCCOCC.I. The van der Waals surface area contributed by atoms with Crippen LogP contribution >= 0.6 is 24.0 Å². The van der Waals surface area contributed by atoms with Crippen molar-refractivity contribution in [1.29, 1.82) is 0 Å². The number of nitrogens with zero attached hydrogens (tertiary/aromatic N) is 1. The second-order valence-corrected chi connectivity index (χ2v) is 4.93. The molecule has 6 heteroatoms. The summed E-state index contributed by atoms with van der Waals surface area (Å²) in [6, 6.07) is 8.32. The maximum absolute atomic E-state index is 5.33. The third kappa shape index (κ3) is 10.5. The highest BCUT2D eigenvalue weighted by Crippen LogP contribution is 2.07. The minimum Gasteiger partial charge on any atom is -0.382 e. The summed E-state index contributed by atoms with van der Waals surface area (Å²) in [6.07, 6.45) is 0.974. The molecule has 0 bridgehead atoms. The van der Waals surface area contributed by atoms with Gasteiger partial charge in [-0.2, -0.15) is 0 Å². The second kappa shape index (κ2) is 14.7. The lowest BCUT2D eigenvalue weighted by Gasteiger charge is -2.11. The molecule has 132 valence electrons. The lowest BCUT2D eigenvalue weighted by Crippen LogP contribution is -2.38. The maximum Gasteiger partial charge on any atom is 0.191 e. The first-order valence-corrected chi connectivity index (χ1v) is 7.96. The Hall–Kier alpha value is -0.860. The van der Waals surface area contributed by atoms with Gasteiger partial charge in [-0.1, -0.05) is 24.3 Å². The van der Waals surface area contributed by atoms with E-state index in [9.17, 15) is 0 Å². The van der Waals surface area contributed by atoms with Crippen LogP contribution in [0.5, 0.6) is 0 Å². The molecule has 0 heterocycles. The Labute approximate surface area is 157 Å². The molecule has 0 aliphatic carbocycles. The molecule has 23 heavy (non-hydrogen) atoms. The van der Waals surface area contributed by atoms with Crippen molar-refractivity contribution in [3.05, 3.63) is 35.4 Å². The molecular formula is C17H30IN3O2. The van der Waals surface area contributed by atoms with Crippen LogP contribution in [0.3, 0.4) is 0 Å². The minimum absolute atomic E-state index is 0. The van der Waals surface area contributed by atoms with E-state index in [4.69, 9.17) is 9.47 Å². The first kappa shape index (κ1) is 22.1.